The van der Waals surface area contributed by atoms with E-state index < -0.39 is 20.0 Å². The van der Waals surface area contributed by atoms with Crippen LogP contribution in [-0.2, 0) is 20.0 Å². The lowest BCUT2D eigenvalue weighted by molar-refractivity contribution is 0.584. The van der Waals surface area contributed by atoms with Crippen LogP contribution in [0.5, 0.6) is 0 Å². The minimum absolute atomic E-state index is 0.0417. The molecule has 0 unspecified atom stereocenters. The number of anilines is 1. The normalized spacial score (nSPS) is 12.2. The molecule has 0 bridgehead atoms. The molecule has 37 heavy (non-hydrogen) atoms. The molecule has 0 aromatic heterocycles. The lowest BCUT2D eigenvalue weighted by Crippen LogP contribution is -2.37. The topological polar surface area (TPSA) is 71.5 Å². The first-order valence-electron chi connectivity index (χ1n) is 11.6. The molecule has 0 saturated heterocycles. The summed E-state index contributed by atoms with van der Waals surface area (Å²) in [7, 11) is -9.06. The maximum Gasteiger partial charge on any atom is 0.277 e. The average Bonchev–Trinajstić information content (AvgIpc) is 2.92. The fraction of sp³-hybridized carbons (Fsp3) is 0. The third-order valence-electron chi connectivity index (χ3n) is 6.42. The summed E-state index contributed by atoms with van der Waals surface area (Å²) in [5, 5.41) is 4.72. The molecular formula is C30H21NO4S2. The predicted molar refractivity (Wildman–Crippen MR) is 149 cm³/mol. The minimum Gasteiger partial charge on any atom is -0.200 e. The molecule has 0 saturated carbocycles. The summed E-state index contributed by atoms with van der Waals surface area (Å²) in [6.07, 6.45) is 0. The van der Waals surface area contributed by atoms with Crippen molar-refractivity contribution in [3.05, 3.63) is 127 Å². The van der Waals surface area contributed by atoms with E-state index in [1.165, 1.54) is 30.3 Å². The van der Waals surface area contributed by atoms with Crippen LogP contribution in [0, 0.1) is 0 Å². The SMILES string of the molecule is O=S(=O)(c1ccc2ccccc2c1)N(c1ccc2ccccc2c1)S(=O)(=O)c1ccc2ccccc2c1. The highest BCUT2D eigenvalue weighted by Gasteiger charge is 2.37. The van der Waals surface area contributed by atoms with E-state index in [0.29, 0.717) is 14.5 Å². The number of sulfonamides is 2. The Bertz CT molecular complexity index is 1930. The van der Waals surface area contributed by atoms with E-state index in [2.05, 4.69) is 0 Å². The summed E-state index contributed by atoms with van der Waals surface area (Å²) >= 11 is 0. The lowest BCUT2D eigenvalue weighted by Gasteiger charge is -2.25. The summed E-state index contributed by atoms with van der Waals surface area (Å²) in [6, 6.07) is 36.2. The van der Waals surface area contributed by atoms with Gasteiger partial charge in [0, 0.05) is 0 Å². The number of hydrogen-bond acceptors (Lipinski definition) is 4. The first-order valence-corrected chi connectivity index (χ1v) is 14.5. The van der Waals surface area contributed by atoms with Gasteiger partial charge in [0.05, 0.1) is 15.5 Å². The van der Waals surface area contributed by atoms with Crippen molar-refractivity contribution in [3.63, 3.8) is 0 Å². The van der Waals surface area contributed by atoms with Crippen molar-refractivity contribution in [1.82, 2.24) is 0 Å². The molecule has 182 valence electrons. The van der Waals surface area contributed by atoms with Gasteiger partial charge in [-0.2, -0.15) is 3.71 Å². The maximum atomic E-state index is 14.1. The zero-order valence-electron chi connectivity index (χ0n) is 19.5. The lowest BCUT2D eigenvalue weighted by atomic mass is 10.1. The van der Waals surface area contributed by atoms with Crippen LogP contribution >= 0.6 is 0 Å². The molecule has 6 aromatic carbocycles. The van der Waals surface area contributed by atoms with E-state index in [1.54, 1.807) is 36.4 Å². The van der Waals surface area contributed by atoms with Crippen LogP contribution in [0.1, 0.15) is 0 Å². The van der Waals surface area contributed by atoms with Gasteiger partial charge >= 0.3 is 0 Å². The summed E-state index contributed by atoms with van der Waals surface area (Å²) in [6.45, 7) is 0. The smallest absolute Gasteiger partial charge is 0.200 e. The van der Waals surface area contributed by atoms with Gasteiger partial charge in [-0.15, -0.1) is 0 Å². The molecule has 6 aromatic rings. The zero-order valence-corrected chi connectivity index (χ0v) is 21.2. The van der Waals surface area contributed by atoms with Gasteiger partial charge in [0.25, 0.3) is 20.0 Å². The Morgan fingerprint density at radius 3 is 1.16 bits per heavy atom. The first kappa shape index (κ1) is 23.2. The van der Waals surface area contributed by atoms with Gasteiger partial charge in [0.2, 0.25) is 0 Å². The summed E-state index contributed by atoms with van der Waals surface area (Å²) in [5.41, 5.74) is 0.0417. The van der Waals surface area contributed by atoms with Gasteiger partial charge in [-0.3, -0.25) is 0 Å². The number of fused-ring (bicyclic) bond motifs is 3. The third kappa shape index (κ3) is 4.02. The van der Waals surface area contributed by atoms with E-state index >= 15 is 0 Å². The summed E-state index contributed by atoms with van der Waals surface area (Å²) in [5.74, 6) is 0. The van der Waals surface area contributed by atoms with E-state index in [1.807, 2.05) is 60.7 Å². The molecule has 0 atom stereocenters. The minimum atomic E-state index is -4.53. The van der Waals surface area contributed by atoms with Gasteiger partial charge in [0.15, 0.2) is 0 Å². The van der Waals surface area contributed by atoms with Crippen molar-refractivity contribution >= 4 is 58.1 Å². The molecule has 7 heteroatoms. The molecule has 0 aliphatic carbocycles. The van der Waals surface area contributed by atoms with E-state index in [-0.39, 0.29) is 15.5 Å². The quantitative estimate of drug-likeness (QED) is 0.251. The van der Waals surface area contributed by atoms with Crippen molar-refractivity contribution in [3.8, 4) is 0 Å². The largest absolute Gasteiger partial charge is 0.277 e. The number of rotatable bonds is 5. The van der Waals surface area contributed by atoms with Crippen molar-refractivity contribution in [2.75, 3.05) is 3.71 Å². The summed E-state index contributed by atoms with van der Waals surface area (Å²) < 4.78 is 57.1. The molecule has 5 nitrogen and oxygen atoms in total. The van der Waals surface area contributed by atoms with Gasteiger partial charge in [-0.25, -0.2) is 16.8 Å². The monoisotopic (exact) mass is 523 g/mol. The van der Waals surface area contributed by atoms with Crippen LogP contribution in [0.15, 0.2) is 137 Å². The van der Waals surface area contributed by atoms with Crippen LogP contribution in [0.4, 0.5) is 5.69 Å². The molecule has 0 amide bonds. The van der Waals surface area contributed by atoms with Crippen LogP contribution in [0.25, 0.3) is 32.3 Å². The van der Waals surface area contributed by atoms with Crippen LogP contribution in [-0.4, -0.2) is 16.8 Å². The Morgan fingerprint density at radius 1 is 0.378 bits per heavy atom. The van der Waals surface area contributed by atoms with E-state index in [0.717, 1.165) is 21.5 Å². The second-order valence-corrected chi connectivity index (χ2v) is 12.6. The highest BCUT2D eigenvalue weighted by atomic mass is 32.3. The zero-order chi connectivity index (χ0) is 25.6. The van der Waals surface area contributed by atoms with E-state index in [9.17, 15) is 16.8 Å². The number of benzene rings is 6. The van der Waals surface area contributed by atoms with Crippen LogP contribution < -0.4 is 3.71 Å². The van der Waals surface area contributed by atoms with Gasteiger partial charge in [0.1, 0.15) is 0 Å². The second-order valence-electron chi connectivity index (χ2n) is 8.76. The van der Waals surface area contributed by atoms with Crippen molar-refractivity contribution < 1.29 is 16.8 Å². The Labute approximate surface area is 215 Å². The number of nitrogens with zero attached hydrogens (tertiary/aromatic N) is 1. The molecule has 6 rings (SSSR count). The van der Waals surface area contributed by atoms with Gasteiger partial charge in [-0.1, -0.05) is 91.0 Å². The Hall–Kier alpha value is -4.20. The Kier molecular flexibility index (Phi) is 5.47. The highest BCUT2D eigenvalue weighted by molar-refractivity contribution is 8.10. The molecular weight excluding hydrogens is 502 g/mol. The third-order valence-corrected chi connectivity index (χ3v) is 10.6. The maximum absolute atomic E-state index is 14.1. The highest BCUT2D eigenvalue weighted by Crippen LogP contribution is 2.34. The van der Waals surface area contributed by atoms with Gasteiger partial charge < -0.3 is 0 Å². The van der Waals surface area contributed by atoms with Gasteiger partial charge in [-0.05, 0) is 68.7 Å². The molecule has 0 N–H and O–H groups in total. The van der Waals surface area contributed by atoms with Crippen molar-refractivity contribution in [2.24, 2.45) is 0 Å². The predicted octanol–water partition coefficient (Wildman–Crippen LogP) is 6.73. The van der Waals surface area contributed by atoms with E-state index in [4.69, 9.17) is 0 Å². The molecule has 0 heterocycles. The van der Waals surface area contributed by atoms with Crippen LogP contribution in [0.2, 0.25) is 0 Å². The van der Waals surface area contributed by atoms with Crippen molar-refractivity contribution in [2.45, 2.75) is 9.79 Å². The van der Waals surface area contributed by atoms with Crippen molar-refractivity contribution in [1.29, 1.82) is 0 Å². The molecule has 0 radical (unpaired) electrons. The fourth-order valence-corrected chi connectivity index (χ4v) is 8.29. The molecule has 0 aliphatic rings. The Balaban J connectivity index is 1.60. The van der Waals surface area contributed by atoms with Crippen LogP contribution in [0.3, 0.4) is 0 Å². The Morgan fingerprint density at radius 2 is 0.730 bits per heavy atom. The second kappa shape index (κ2) is 8.73. The average molecular weight is 524 g/mol. The molecule has 0 aliphatic heterocycles. The number of hydrogen-bond donors (Lipinski definition) is 0. The first-order chi connectivity index (χ1) is 17.8. The molecule has 0 spiro atoms. The standard InChI is InChI=1S/C30H21NO4S2/c32-36(33,29-17-14-23-8-2-5-11-26(23)20-29)31(28-16-13-22-7-1-4-10-25(22)19-28)37(34,35)30-18-15-24-9-3-6-12-27(24)21-30/h1-21H. The summed E-state index contributed by atoms with van der Waals surface area (Å²) in [4.78, 5) is -0.215. The molecule has 0 fully saturated rings. The fourth-order valence-electron chi connectivity index (χ4n) is 4.54.